The standard InChI is InChI=1S/C9H13NO3/c1-2-9(12)13-7-8(11)10-5-3-4-6-10/h2H,1,3-7H2. The monoisotopic (exact) mass is 183 g/mol. The second-order valence-corrected chi connectivity index (χ2v) is 2.90. The number of amides is 1. The van der Waals surface area contributed by atoms with E-state index in [1.807, 2.05) is 0 Å². The van der Waals surface area contributed by atoms with Gasteiger partial charge in [0.1, 0.15) is 0 Å². The second kappa shape index (κ2) is 4.64. The van der Waals surface area contributed by atoms with Crippen molar-refractivity contribution in [2.24, 2.45) is 0 Å². The first-order valence-corrected chi connectivity index (χ1v) is 4.31. The lowest BCUT2D eigenvalue weighted by Crippen LogP contribution is -2.31. The summed E-state index contributed by atoms with van der Waals surface area (Å²) in [6.07, 6.45) is 3.14. The zero-order chi connectivity index (χ0) is 9.68. The van der Waals surface area contributed by atoms with Gasteiger partial charge in [0.05, 0.1) is 0 Å². The Morgan fingerprint density at radius 2 is 2.00 bits per heavy atom. The first kappa shape index (κ1) is 9.77. The Morgan fingerprint density at radius 3 is 2.54 bits per heavy atom. The van der Waals surface area contributed by atoms with Gasteiger partial charge in [-0.3, -0.25) is 4.79 Å². The van der Waals surface area contributed by atoms with E-state index in [4.69, 9.17) is 0 Å². The summed E-state index contributed by atoms with van der Waals surface area (Å²) < 4.78 is 4.62. The summed E-state index contributed by atoms with van der Waals surface area (Å²) >= 11 is 0. The molecule has 0 atom stereocenters. The molecule has 0 bridgehead atoms. The Bertz CT molecular complexity index is 219. The molecule has 0 N–H and O–H groups in total. The number of carbonyl (C=O) groups is 2. The van der Waals surface area contributed by atoms with Gasteiger partial charge < -0.3 is 9.64 Å². The fourth-order valence-corrected chi connectivity index (χ4v) is 1.25. The average Bonchev–Trinajstić information content (AvgIpc) is 2.66. The summed E-state index contributed by atoms with van der Waals surface area (Å²) in [7, 11) is 0. The van der Waals surface area contributed by atoms with Crippen LogP contribution in [0.15, 0.2) is 12.7 Å². The quantitative estimate of drug-likeness (QED) is 0.468. The van der Waals surface area contributed by atoms with Crippen molar-refractivity contribution in [2.45, 2.75) is 12.8 Å². The molecule has 1 fully saturated rings. The number of carbonyl (C=O) groups excluding carboxylic acids is 2. The van der Waals surface area contributed by atoms with Crippen molar-refractivity contribution in [1.82, 2.24) is 4.90 Å². The van der Waals surface area contributed by atoms with Crippen LogP contribution >= 0.6 is 0 Å². The van der Waals surface area contributed by atoms with Gasteiger partial charge in [0, 0.05) is 19.2 Å². The molecular weight excluding hydrogens is 170 g/mol. The maximum Gasteiger partial charge on any atom is 0.330 e. The fourth-order valence-electron chi connectivity index (χ4n) is 1.25. The van der Waals surface area contributed by atoms with Crippen LogP contribution in [-0.2, 0) is 14.3 Å². The normalized spacial score (nSPS) is 15.5. The lowest BCUT2D eigenvalue weighted by atomic mass is 10.4. The summed E-state index contributed by atoms with van der Waals surface area (Å²) in [5.41, 5.74) is 0. The van der Waals surface area contributed by atoms with E-state index in [1.165, 1.54) is 0 Å². The summed E-state index contributed by atoms with van der Waals surface area (Å²) in [4.78, 5) is 23.6. The van der Waals surface area contributed by atoms with Crippen LogP contribution in [0, 0.1) is 0 Å². The van der Waals surface area contributed by atoms with E-state index in [2.05, 4.69) is 11.3 Å². The Hall–Kier alpha value is -1.32. The van der Waals surface area contributed by atoms with Crippen LogP contribution in [0.25, 0.3) is 0 Å². The molecule has 0 aliphatic carbocycles. The van der Waals surface area contributed by atoms with Gasteiger partial charge in [-0.2, -0.15) is 0 Å². The van der Waals surface area contributed by atoms with Crippen LogP contribution in [-0.4, -0.2) is 36.5 Å². The SMILES string of the molecule is C=CC(=O)OCC(=O)N1CCCC1. The number of esters is 1. The topological polar surface area (TPSA) is 46.6 Å². The minimum atomic E-state index is -0.549. The third-order valence-corrected chi connectivity index (χ3v) is 1.96. The molecule has 1 rings (SSSR count). The summed E-state index contributed by atoms with van der Waals surface area (Å²) in [5.74, 6) is -0.666. The third kappa shape index (κ3) is 2.89. The number of rotatable bonds is 3. The molecule has 1 aliphatic heterocycles. The van der Waals surface area contributed by atoms with Crippen LogP contribution in [0.3, 0.4) is 0 Å². The zero-order valence-corrected chi connectivity index (χ0v) is 7.49. The van der Waals surface area contributed by atoms with Gasteiger partial charge in [0.15, 0.2) is 6.61 Å². The summed E-state index contributed by atoms with van der Waals surface area (Å²) in [5, 5.41) is 0. The highest BCUT2D eigenvalue weighted by Crippen LogP contribution is 2.07. The van der Waals surface area contributed by atoms with E-state index in [9.17, 15) is 9.59 Å². The number of hydrogen-bond acceptors (Lipinski definition) is 3. The predicted molar refractivity (Wildman–Crippen MR) is 47.0 cm³/mol. The Labute approximate surface area is 77.2 Å². The molecule has 4 heteroatoms. The van der Waals surface area contributed by atoms with Crippen molar-refractivity contribution in [1.29, 1.82) is 0 Å². The van der Waals surface area contributed by atoms with Crippen molar-refractivity contribution in [3.05, 3.63) is 12.7 Å². The van der Waals surface area contributed by atoms with E-state index in [-0.39, 0.29) is 12.5 Å². The second-order valence-electron chi connectivity index (χ2n) is 2.90. The van der Waals surface area contributed by atoms with Crippen molar-refractivity contribution < 1.29 is 14.3 Å². The molecule has 0 aromatic carbocycles. The summed E-state index contributed by atoms with van der Waals surface area (Å²) in [6, 6.07) is 0. The molecule has 72 valence electrons. The van der Waals surface area contributed by atoms with Crippen LogP contribution < -0.4 is 0 Å². The van der Waals surface area contributed by atoms with Crippen LogP contribution in [0.1, 0.15) is 12.8 Å². The lowest BCUT2D eigenvalue weighted by molar-refractivity contribution is -0.147. The highest BCUT2D eigenvalue weighted by Gasteiger charge is 2.18. The van der Waals surface area contributed by atoms with Gasteiger partial charge >= 0.3 is 5.97 Å². The smallest absolute Gasteiger partial charge is 0.330 e. The van der Waals surface area contributed by atoms with Gasteiger partial charge in [0.25, 0.3) is 5.91 Å². The first-order chi connectivity index (χ1) is 6.24. The maximum atomic E-state index is 11.3. The van der Waals surface area contributed by atoms with E-state index in [0.717, 1.165) is 32.0 Å². The zero-order valence-electron chi connectivity index (χ0n) is 7.49. The van der Waals surface area contributed by atoms with Crippen molar-refractivity contribution in [2.75, 3.05) is 19.7 Å². The first-order valence-electron chi connectivity index (χ1n) is 4.31. The highest BCUT2D eigenvalue weighted by atomic mass is 16.5. The largest absolute Gasteiger partial charge is 0.452 e. The molecule has 1 aliphatic rings. The van der Waals surface area contributed by atoms with E-state index >= 15 is 0 Å². The molecule has 0 aromatic heterocycles. The minimum absolute atomic E-state index is 0.118. The molecule has 0 spiro atoms. The maximum absolute atomic E-state index is 11.3. The number of nitrogens with zero attached hydrogens (tertiary/aromatic N) is 1. The lowest BCUT2D eigenvalue weighted by Gasteiger charge is -2.14. The van der Waals surface area contributed by atoms with Crippen molar-refractivity contribution in [3.63, 3.8) is 0 Å². The van der Waals surface area contributed by atoms with E-state index in [0.29, 0.717) is 0 Å². The van der Waals surface area contributed by atoms with E-state index < -0.39 is 5.97 Å². The van der Waals surface area contributed by atoms with Crippen LogP contribution in [0.4, 0.5) is 0 Å². The molecular formula is C9H13NO3. The molecule has 1 heterocycles. The Kier molecular flexibility index (Phi) is 3.49. The van der Waals surface area contributed by atoms with Gasteiger partial charge in [0.2, 0.25) is 0 Å². The molecule has 13 heavy (non-hydrogen) atoms. The van der Waals surface area contributed by atoms with E-state index in [1.54, 1.807) is 4.90 Å². The van der Waals surface area contributed by atoms with Crippen molar-refractivity contribution in [3.8, 4) is 0 Å². The van der Waals surface area contributed by atoms with Gasteiger partial charge in [-0.05, 0) is 12.8 Å². The molecule has 0 radical (unpaired) electrons. The third-order valence-electron chi connectivity index (χ3n) is 1.96. The van der Waals surface area contributed by atoms with Gasteiger partial charge in [-0.1, -0.05) is 6.58 Å². The molecule has 0 aromatic rings. The highest BCUT2D eigenvalue weighted by molar-refractivity contribution is 5.85. The Balaban J connectivity index is 2.24. The fraction of sp³-hybridized carbons (Fsp3) is 0.556. The average molecular weight is 183 g/mol. The molecule has 1 saturated heterocycles. The number of hydrogen-bond donors (Lipinski definition) is 0. The minimum Gasteiger partial charge on any atom is -0.452 e. The van der Waals surface area contributed by atoms with Crippen molar-refractivity contribution >= 4 is 11.9 Å². The number of likely N-dealkylation sites (tertiary alicyclic amines) is 1. The molecule has 0 saturated carbocycles. The predicted octanol–water partition coefficient (Wildman–Crippen LogP) is 0.338. The van der Waals surface area contributed by atoms with Crippen LogP contribution in [0.2, 0.25) is 0 Å². The van der Waals surface area contributed by atoms with Crippen LogP contribution in [0.5, 0.6) is 0 Å². The summed E-state index contributed by atoms with van der Waals surface area (Å²) in [6.45, 7) is 4.64. The Morgan fingerprint density at radius 1 is 1.38 bits per heavy atom. The van der Waals surface area contributed by atoms with Gasteiger partial charge in [-0.15, -0.1) is 0 Å². The van der Waals surface area contributed by atoms with Gasteiger partial charge in [-0.25, -0.2) is 4.79 Å². The number of ether oxygens (including phenoxy) is 1. The molecule has 4 nitrogen and oxygen atoms in total. The molecule has 0 unspecified atom stereocenters. The molecule has 1 amide bonds.